The molecule has 3 atom stereocenters. The number of rotatable bonds is 5. The number of thiazole rings is 1. The predicted octanol–water partition coefficient (Wildman–Crippen LogP) is 2.18. The molecule has 2 N–H and O–H groups in total. The number of aromatic nitrogens is 1. The summed E-state index contributed by atoms with van der Waals surface area (Å²) in [5.41, 5.74) is 0. The Morgan fingerprint density at radius 2 is 2.44 bits per heavy atom. The monoisotopic (exact) mass is 265 g/mol. The van der Waals surface area contributed by atoms with Crippen LogP contribution in [0.1, 0.15) is 36.1 Å². The van der Waals surface area contributed by atoms with Crippen molar-refractivity contribution < 1.29 is 0 Å². The van der Waals surface area contributed by atoms with Crippen LogP contribution in [0.5, 0.6) is 0 Å². The highest BCUT2D eigenvalue weighted by Crippen LogP contribution is 2.37. The molecule has 1 aromatic heterocycles. The van der Waals surface area contributed by atoms with Gasteiger partial charge in [0.1, 0.15) is 5.01 Å². The molecule has 100 valence electrons. The van der Waals surface area contributed by atoms with E-state index in [1.807, 2.05) is 17.5 Å². The van der Waals surface area contributed by atoms with Crippen molar-refractivity contribution in [1.29, 1.82) is 0 Å². The van der Waals surface area contributed by atoms with E-state index in [-0.39, 0.29) is 0 Å². The molecular weight excluding hydrogens is 242 g/mol. The third-order valence-corrected chi connectivity index (χ3v) is 5.61. The largest absolute Gasteiger partial charge is 0.312 e. The van der Waals surface area contributed by atoms with E-state index >= 15 is 0 Å². The lowest BCUT2D eigenvalue weighted by Gasteiger charge is -2.18. The van der Waals surface area contributed by atoms with Crippen LogP contribution in [0.25, 0.3) is 0 Å². The van der Waals surface area contributed by atoms with E-state index in [0.29, 0.717) is 6.04 Å². The molecule has 1 aromatic rings. The molecule has 3 unspecified atom stereocenters. The lowest BCUT2D eigenvalue weighted by Crippen LogP contribution is -2.37. The Labute approximate surface area is 113 Å². The van der Waals surface area contributed by atoms with Gasteiger partial charge >= 0.3 is 0 Å². The average molecular weight is 265 g/mol. The summed E-state index contributed by atoms with van der Waals surface area (Å²) in [7, 11) is 0. The molecule has 0 bridgehead atoms. The van der Waals surface area contributed by atoms with E-state index in [4.69, 9.17) is 0 Å². The van der Waals surface area contributed by atoms with Crippen LogP contribution in [0.2, 0.25) is 0 Å². The van der Waals surface area contributed by atoms with Crippen LogP contribution in [0.4, 0.5) is 0 Å². The first kappa shape index (κ1) is 12.6. The lowest BCUT2D eigenvalue weighted by molar-refractivity contribution is 0.393. The summed E-state index contributed by atoms with van der Waals surface area (Å²) >= 11 is 1.84. The van der Waals surface area contributed by atoms with Crippen LogP contribution in [-0.2, 0) is 13.0 Å². The number of hydrogen-bond acceptors (Lipinski definition) is 4. The van der Waals surface area contributed by atoms with Crippen LogP contribution in [0, 0.1) is 11.8 Å². The maximum absolute atomic E-state index is 4.45. The van der Waals surface area contributed by atoms with E-state index < -0.39 is 0 Å². The van der Waals surface area contributed by atoms with Gasteiger partial charge in [-0.25, -0.2) is 4.98 Å². The topological polar surface area (TPSA) is 37.0 Å². The van der Waals surface area contributed by atoms with Crippen LogP contribution in [0.3, 0.4) is 0 Å². The molecule has 1 aliphatic carbocycles. The highest BCUT2D eigenvalue weighted by molar-refractivity contribution is 7.11. The number of fused-ring (bicyclic) bond motifs is 1. The van der Waals surface area contributed by atoms with E-state index in [0.717, 1.165) is 31.3 Å². The summed E-state index contributed by atoms with van der Waals surface area (Å²) in [5, 5.41) is 8.49. The van der Waals surface area contributed by atoms with E-state index in [1.165, 1.54) is 35.7 Å². The van der Waals surface area contributed by atoms with Crippen LogP contribution in [0.15, 0.2) is 6.20 Å². The molecule has 0 spiro atoms. The molecule has 0 radical (unpaired) electrons. The van der Waals surface area contributed by atoms with Crippen molar-refractivity contribution in [3.63, 3.8) is 0 Å². The minimum atomic E-state index is 0.697. The SMILES string of the molecule is CCc1cnc(CNCC2NCC3CCCC32)s1. The Hall–Kier alpha value is -0.450. The minimum Gasteiger partial charge on any atom is -0.312 e. The van der Waals surface area contributed by atoms with E-state index in [9.17, 15) is 0 Å². The van der Waals surface area contributed by atoms with Crippen molar-refractivity contribution in [2.45, 2.75) is 45.2 Å². The molecule has 1 saturated carbocycles. The van der Waals surface area contributed by atoms with Crippen LogP contribution >= 0.6 is 11.3 Å². The van der Waals surface area contributed by atoms with Gasteiger partial charge in [0.25, 0.3) is 0 Å². The third kappa shape index (κ3) is 2.60. The fourth-order valence-electron chi connectivity index (χ4n) is 3.45. The maximum atomic E-state index is 4.45. The summed E-state index contributed by atoms with van der Waals surface area (Å²) in [6.07, 6.45) is 7.44. The molecule has 2 heterocycles. The minimum absolute atomic E-state index is 0.697. The lowest BCUT2D eigenvalue weighted by atomic mass is 9.94. The summed E-state index contributed by atoms with van der Waals surface area (Å²) in [5.74, 6) is 1.89. The van der Waals surface area contributed by atoms with Crippen LogP contribution in [-0.4, -0.2) is 24.1 Å². The number of aryl methyl sites for hydroxylation is 1. The standard InChI is InChI=1S/C14H23N3S/c1-2-11-7-17-14(18-11)9-15-8-13-12-5-3-4-10(12)6-16-13/h7,10,12-13,15-16H,2-6,8-9H2,1H3. The quantitative estimate of drug-likeness (QED) is 0.857. The Balaban J connectivity index is 1.44. The van der Waals surface area contributed by atoms with E-state index in [2.05, 4.69) is 22.5 Å². The molecule has 2 aliphatic rings. The molecule has 0 aromatic carbocycles. The Bertz CT molecular complexity index is 390. The number of nitrogens with one attached hydrogen (secondary N) is 2. The molecule has 4 heteroatoms. The van der Waals surface area contributed by atoms with Crippen molar-refractivity contribution in [2.75, 3.05) is 13.1 Å². The van der Waals surface area contributed by atoms with Gasteiger partial charge in [-0.05, 0) is 37.6 Å². The fraction of sp³-hybridized carbons (Fsp3) is 0.786. The van der Waals surface area contributed by atoms with Gasteiger partial charge in [0, 0.05) is 30.2 Å². The number of nitrogens with zero attached hydrogens (tertiary/aromatic N) is 1. The van der Waals surface area contributed by atoms with Crippen molar-refractivity contribution in [1.82, 2.24) is 15.6 Å². The second-order valence-corrected chi connectivity index (χ2v) is 6.77. The molecule has 0 amide bonds. The number of hydrogen-bond donors (Lipinski definition) is 2. The molecule has 2 fully saturated rings. The van der Waals surface area contributed by atoms with Crippen LogP contribution < -0.4 is 10.6 Å². The molecule has 18 heavy (non-hydrogen) atoms. The third-order valence-electron chi connectivity index (χ3n) is 4.47. The first-order chi connectivity index (χ1) is 8.86. The van der Waals surface area contributed by atoms with Gasteiger partial charge < -0.3 is 10.6 Å². The van der Waals surface area contributed by atoms with Gasteiger partial charge in [-0.2, -0.15) is 0 Å². The normalized spacial score (nSPS) is 30.8. The first-order valence-corrected chi connectivity index (χ1v) is 8.06. The zero-order valence-electron chi connectivity index (χ0n) is 11.1. The van der Waals surface area contributed by atoms with Gasteiger partial charge in [-0.3, -0.25) is 0 Å². The van der Waals surface area contributed by atoms with Crippen molar-refractivity contribution in [3.05, 3.63) is 16.1 Å². The highest BCUT2D eigenvalue weighted by atomic mass is 32.1. The summed E-state index contributed by atoms with van der Waals surface area (Å²) in [4.78, 5) is 5.84. The van der Waals surface area contributed by atoms with Crippen molar-refractivity contribution >= 4 is 11.3 Å². The zero-order chi connectivity index (χ0) is 12.4. The zero-order valence-corrected chi connectivity index (χ0v) is 11.9. The molecule has 1 saturated heterocycles. The smallest absolute Gasteiger partial charge is 0.107 e. The van der Waals surface area contributed by atoms with Crippen molar-refractivity contribution in [3.8, 4) is 0 Å². The second kappa shape index (κ2) is 5.68. The van der Waals surface area contributed by atoms with Gasteiger partial charge in [0.05, 0.1) is 0 Å². The predicted molar refractivity (Wildman–Crippen MR) is 75.8 cm³/mol. The maximum Gasteiger partial charge on any atom is 0.107 e. The second-order valence-electron chi connectivity index (χ2n) is 5.57. The first-order valence-electron chi connectivity index (χ1n) is 7.24. The summed E-state index contributed by atoms with van der Waals surface area (Å²) in [6, 6.07) is 0.697. The Morgan fingerprint density at radius 1 is 1.50 bits per heavy atom. The van der Waals surface area contributed by atoms with Gasteiger partial charge in [-0.15, -0.1) is 11.3 Å². The molecular formula is C14H23N3S. The van der Waals surface area contributed by atoms with Crippen molar-refractivity contribution in [2.24, 2.45) is 11.8 Å². The van der Waals surface area contributed by atoms with Gasteiger partial charge in [0.2, 0.25) is 0 Å². The summed E-state index contributed by atoms with van der Waals surface area (Å²) < 4.78 is 0. The van der Waals surface area contributed by atoms with E-state index in [1.54, 1.807) is 0 Å². The molecule has 3 nitrogen and oxygen atoms in total. The fourth-order valence-corrected chi connectivity index (χ4v) is 4.29. The molecule has 3 rings (SSSR count). The van der Waals surface area contributed by atoms with Gasteiger partial charge in [-0.1, -0.05) is 13.3 Å². The molecule has 1 aliphatic heterocycles. The Kier molecular flexibility index (Phi) is 3.97. The Morgan fingerprint density at radius 3 is 3.28 bits per heavy atom. The van der Waals surface area contributed by atoms with Gasteiger partial charge in [0.15, 0.2) is 0 Å². The highest BCUT2D eigenvalue weighted by Gasteiger charge is 2.38. The summed E-state index contributed by atoms with van der Waals surface area (Å²) in [6.45, 7) is 5.46. The average Bonchev–Trinajstić information content (AvgIpc) is 3.06.